The fourth-order valence-corrected chi connectivity index (χ4v) is 2.29. The maximum absolute atomic E-state index is 13.7. The van der Waals surface area contributed by atoms with E-state index in [2.05, 4.69) is 15.0 Å². The second-order valence-corrected chi connectivity index (χ2v) is 6.03. The van der Waals surface area contributed by atoms with E-state index in [1.165, 1.54) is 6.07 Å². The number of hydrogen-bond donors (Lipinski definition) is 2. The molecule has 8 nitrogen and oxygen atoms in total. The summed E-state index contributed by atoms with van der Waals surface area (Å²) in [5, 5.41) is 2.60. The van der Waals surface area contributed by atoms with Gasteiger partial charge in [0, 0.05) is 5.56 Å². The standard InChI is InChI=1S/C19H22FN3O5/c1-12(10-26-18(21)24)28-17-16(8-15(20)9-22-17)13(2)23-19(25)27-11-14-6-4-3-5-7-14/h3-9,12-13H,10-11H2,1-2H3,(H2,21,24)(H,23,25). The fourth-order valence-electron chi connectivity index (χ4n) is 2.29. The number of aromatic nitrogens is 1. The average molecular weight is 391 g/mol. The highest BCUT2D eigenvalue weighted by Crippen LogP contribution is 2.24. The number of primary amides is 1. The Balaban J connectivity index is 1.98. The molecule has 0 saturated heterocycles. The van der Waals surface area contributed by atoms with Crippen LogP contribution in [0.4, 0.5) is 14.0 Å². The van der Waals surface area contributed by atoms with Crippen LogP contribution in [-0.4, -0.2) is 29.9 Å². The number of nitrogens with two attached hydrogens (primary N) is 1. The summed E-state index contributed by atoms with van der Waals surface area (Å²) in [5.74, 6) is -0.493. The van der Waals surface area contributed by atoms with E-state index in [0.717, 1.165) is 11.8 Å². The monoisotopic (exact) mass is 391 g/mol. The number of nitrogens with zero attached hydrogens (tertiary/aromatic N) is 1. The van der Waals surface area contributed by atoms with Crippen molar-refractivity contribution in [3.63, 3.8) is 0 Å². The number of ether oxygens (including phenoxy) is 3. The summed E-state index contributed by atoms with van der Waals surface area (Å²) < 4.78 is 29.1. The number of carbonyl (C=O) groups is 2. The van der Waals surface area contributed by atoms with Crippen LogP contribution < -0.4 is 15.8 Å². The molecule has 2 rings (SSSR count). The molecule has 1 aromatic carbocycles. The zero-order valence-electron chi connectivity index (χ0n) is 15.6. The first-order chi connectivity index (χ1) is 13.3. The summed E-state index contributed by atoms with van der Waals surface area (Å²) in [6.07, 6.45) is -1.20. The Kier molecular flexibility index (Phi) is 7.55. The molecule has 0 spiro atoms. The van der Waals surface area contributed by atoms with Gasteiger partial charge in [0.1, 0.15) is 25.1 Å². The van der Waals surface area contributed by atoms with Gasteiger partial charge in [0.05, 0.1) is 12.2 Å². The molecule has 28 heavy (non-hydrogen) atoms. The average Bonchev–Trinajstić information content (AvgIpc) is 2.67. The van der Waals surface area contributed by atoms with Crippen LogP contribution in [-0.2, 0) is 16.1 Å². The topological polar surface area (TPSA) is 113 Å². The molecule has 2 amide bonds. The number of pyridine rings is 1. The van der Waals surface area contributed by atoms with Gasteiger partial charge in [0.15, 0.2) is 0 Å². The molecule has 2 unspecified atom stereocenters. The van der Waals surface area contributed by atoms with Gasteiger partial charge in [0.2, 0.25) is 5.88 Å². The first-order valence-electron chi connectivity index (χ1n) is 8.56. The number of rotatable bonds is 8. The van der Waals surface area contributed by atoms with Gasteiger partial charge in [-0.3, -0.25) is 0 Å². The molecule has 0 aliphatic rings. The van der Waals surface area contributed by atoms with Crippen molar-refractivity contribution in [1.29, 1.82) is 0 Å². The van der Waals surface area contributed by atoms with E-state index < -0.39 is 30.1 Å². The van der Waals surface area contributed by atoms with E-state index in [4.69, 9.17) is 15.2 Å². The van der Waals surface area contributed by atoms with Crippen molar-refractivity contribution in [2.24, 2.45) is 5.73 Å². The molecule has 2 aromatic rings. The van der Waals surface area contributed by atoms with E-state index in [-0.39, 0.29) is 19.1 Å². The number of amides is 2. The molecule has 0 fully saturated rings. The number of alkyl carbamates (subject to hydrolysis) is 1. The Labute approximate surface area is 161 Å². The molecule has 150 valence electrons. The van der Waals surface area contributed by atoms with Gasteiger partial charge in [-0.2, -0.15) is 0 Å². The van der Waals surface area contributed by atoms with Crippen LogP contribution in [0.3, 0.4) is 0 Å². The van der Waals surface area contributed by atoms with Gasteiger partial charge in [-0.25, -0.2) is 19.0 Å². The first kappa shape index (κ1) is 20.9. The maximum Gasteiger partial charge on any atom is 0.407 e. The molecule has 0 saturated carbocycles. The summed E-state index contributed by atoms with van der Waals surface area (Å²) in [6.45, 7) is 3.27. The number of nitrogens with one attached hydrogen (secondary N) is 1. The van der Waals surface area contributed by atoms with E-state index in [1.807, 2.05) is 30.3 Å². The van der Waals surface area contributed by atoms with E-state index in [9.17, 15) is 14.0 Å². The van der Waals surface area contributed by atoms with Crippen molar-refractivity contribution < 1.29 is 28.2 Å². The lowest BCUT2D eigenvalue weighted by Gasteiger charge is -2.20. The largest absolute Gasteiger partial charge is 0.471 e. The number of halogens is 1. The molecule has 9 heteroatoms. The van der Waals surface area contributed by atoms with Gasteiger partial charge >= 0.3 is 12.2 Å². The Morgan fingerprint density at radius 2 is 1.93 bits per heavy atom. The quantitative estimate of drug-likeness (QED) is 0.715. The van der Waals surface area contributed by atoms with E-state index in [1.54, 1.807) is 13.8 Å². The van der Waals surface area contributed by atoms with Crippen LogP contribution in [0.25, 0.3) is 0 Å². The lowest BCUT2D eigenvalue weighted by atomic mass is 10.1. The van der Waals surface area contributed by atoms with Crippen LogP contribution in [0.15, 0.2) is 42.6 Å². The van der Waals surface area contributed by atoms with Crippen LogP contribution in [0, 0.1) is 5.82 Å². The normalized spacial score (nSPS) is 12.5. The Morgan fingerprint density at radius 1 is 1.21 bits per heavy atom. The smallest absolute Gasteiger partial charge is 0.407 e. The van der Waals surface area contributed by atoms with Crippen molar-refractivity contribution in [3.05, 3.63) is 59.5 Å². The molecule has 0 radical (unpaired) electrons. The molecule has 0 aliphatic carbocycles. The molecule has 3 N–H and O–H groups in total. The third-order valence-electron chi connectivity index (χ3n) is 3.63. The van der Waals surface area contributed by atoms with Crippen molar-refractivity contribution in [1.82, 2.24) is 10.3 Å². The molecular weight excluding hydrogens is 369 g/mol. The predicted molar refractivity (Wildman–Crippen MR) is 98.0 cm³/mol. The van der Waals surface area contributed by atoms with Crippen LogP contribution in [0.1, 0.15) is 31.0 Å². The fraction of sp³-hybridized carbons (Fsp3) is 0.316. The minimum Gasteiger partial charge on any atom is -0.471 e. The van der Waals surface area contributed by atoms with Crippen LogP contribution in [0.5, 0.6) is 5.88 Å². The van der Waals surface area contributed by atoms with Crippen molar-refractivity contribution in [2.75, 3.05) is 6.61 Å². The second-order valence-electron chi connectivity index (χ2n) is 6.03. The molecule has 1 aromatic heterocycles. The molecule has 1 heterocycles. The number of hydrogen-bond acceptors (Lipinski definition) is 6. The molecule has 0 aliphatic heterocycles. The van der Waals surface area contributed by atoms with Crippen molar-refractivity contribution in [3.8, 4) is 5.88 Å². The van der Waals surface area contributed by atoms with Crippen LogP contribution in [0.2, 0.25) is 0 Å². The highest BCUT2D eigenvalue weighted by atomic mass is 19.1. The van der Waals surface area contributed by atoms with Gasteiger partial charge in [-0.15, -0.1) is 0 Å². The highest BCUT2D eigenvalue weighted by molar-refractivity contribution is 5.68. The zero-order chi connectivity index (χ0) is 20.5. The minimum absolute atomic E-state index is 0.0952. The van der Waals surface area contributed by atoms with Gasteiger partial charge in [0.25, 0.3) is 0 Å². The second kappa shape index (κ2) is 10.1. The Hall–Kier alpha value is -3.36. The predicted octanol–water partition coefficient (Wildman–Crippen LogP) is 3.07. The minimum atomic E-state index is -0.932. The van der Waals surface area contributed by atoms with Gasteiger partial charge in [-0.1, -0.05) is 30.3 Å². The molecule has 2 atom stereocenters. The number of carbonyl (C=O) groups excluding carboxylic acids is 2. The molecule has 0 bridgehead atoms. The summed E-state index contributed by atoms with van der Waals surface area (Å²) >= 11 is 0. The maximum atomic E-state index is 13.7. The van der Waals surface area contributed by atoms with Gasteiger partial charge in [-0.05, 0) is 25.5 Å². The summed E-state index contributed by atoms with van der Waals surface area (Å²) in [4.78, 5) is 26.6. The Bertz CT molecular complexity index is 803. The van der Waals surface area contributed by atoms with Crippen LogP contribution >= 0.6 is 0 Å². The number of benzene rings is 1. The summed E-state index contributed by atoms with van der Waals surface area (Å²) in [6, 6.07) is 9.75. The van der Waals surface area contributed by atoms with Crippen molar-refractivity contribution >= 4 is 12.2 Å². The zero-order valence-corrected chi connectivity index (χ0v) is 15.6. The lowest BCUT2D eigenvalue weighted by Crippen LogP contribution is -2.29. The Morgan fingerprint density at radius 3 is 2.61 bits per heavy atom. The summed E-state index contributed by atoms with van der Waals surface area (Å²) in [5.41, 5.74) is 6.06. The van der Waals surface area contributed by atoms with E-state index >= 15 is 0 Å². The first-order valence-corrected chi connectivity index (χ1v) is 8.56. The SMILES string of the molecule is CC(COC(N)=O)Oc1ncc(F)cc1C(C)NC(=O)OCc1ccccc1. The third kappa shape index (κ3) is 6.75. The lowest BCUT2D eigenvalue weighted by molar-refractivity contribution is 0.0925. The third-order valence-corrected chi connectivity index (χ3v) is 3.63. The van der Waals surface area contributed by atoms with E-state index in [0.29, 0.717) is 5.56 Å². The van der Waals surface area contributed by atoms with Gasteiger partial charge < -0.3 is 25.3 Å². The molecular formula is C19H22FN3O5. The summed E-state index contributed by atoms with van der Waals surface area (Å²) in [7, 11) is 0. The highest BCUT2D eigenvalue weighted by Gasteiger charge is 2.19. The van der Waals surface area contributed by atoms with Crippen molar-refractivity contribution in [2.45, 2.75) is 32.6 Å².